The van der Waals surface area contributed by atoms with Crippen molar-refractivity contribution in [2.45, 2.75) is 58.7 Å². The molecule has 3 aromatic rings. The molecule has 3 rings (SSSR count). The number of amides is 2. The van der Waals surface area contributed by atoms with E-state index in [1.54, 1.807) is 24.1 Å². The van der Waals surface area contributed by atoms with Crippen LogP contribution in [-0.4, -0.2) is 57.1 Å². The third-order valence-electron chi connectivity index (χ3n) is 6.73. The average molecular weight is 580 g/mol. The zero-order chi connectivity index (χ0) is 30.0. The predicted octanol–water partition coefficient (Wildman–Crippen LogP) is 4.71. The van der Waals surface area contributed by atoms with Gasteiger partial charge in [0.25, 0.3) is 0 Å². The van der Waals surface area contributed by atoms with Crippen LogP contribution in [0.5, 0.6) is 5.75 Å². The first-order valence-corrected chi connectivity index (χ1v) is 15.6. The van der Waals surface area contributed by atoms with Gasteiger partial charge in [-0.15, -0.1) is 0 Å². The van der Waals surface area contributed by atoms with Gasteiger partial charge in [-0.25, -0.2) is 8.42 Å². The van der Waals surface area contributed by atoms with E-state index in [1.165, 1.54) is 10.6 Å². The van der Waals surface area contributed by atoms with Crippen molar-refractivity contribution in [3.63, 3.8) is 0 Å². The Morgan fingerprint density at radius 2 is 1.59 bits per heavy atom. The highest BCUT2D eigenvalue weighted by atomic mass is 32.2. The molecule has 0 radical (unpaired) electrons. The number of para-hydroxylation sites is 1. The highest BCUT2D eigenvalue weighted by Crippen LogP contribution is 2.24. The lowest BCUT2D eigenvalue weighted by Crippen LogP contribution is -2.51. The number of carbonyl (C=O) groups is 2. The first-order chi connectivity index (χ1) is 19.5. The van der Waals surface area contributed by atoms with Gasteiger partial charge in [0.1, 0.15) is 11.8 Å². The number of rotatable bonds is 14. The average Bonchev–Trinajstić information content (AvgIpc) is 2.93. The van der Waals surface area contributed by atoms with Crippen molar-refractivity contribution in [1.82, 2.24) is 10.2 Å². The summed E-state index contributed by atoms with van der Waals surface area (Å²) < 4.78 is 32.1. The molecular weight excluding hydrogens is 538 g/mol. The van der Waals surface area contributed by atoms with Gasteiger partial charge in [0, 0.05) is 32.0 Å². The van der Waals surface area contributed by atoms with Crippen molar-refractivity contribution >= 4 is 27.5 Å². The minimum Gasteiger partial charge on any atom is -0.497 e. The number of nitrogens with zero attached hydrogens (tertiary/aromatic N) is 2. The maximum absolute atomic E-state index is 13.9. The van der Waals surface area contributed by atoms with Gasteiger partial charge in [-0.1, -0.05) is 60.7 Å². The molecule has 0 bridgehead atoms. The van der Waals surface area contributed by atoms with Crippen LogP contribution in [0.1, 0.15) is 43.4 Å². The summed E-state index contributed by atoms with van der Waals surface area (Å²) in [5.41, 5.74) is 3.18. The number of hydrogen-bond acceptors (Lipinski definition) is 5. The highest BCUT2D eigenvalue weighted by Gasteiger charge is 2.31. The van der Waals surface area contributed by atoms with Crippen LogP contribution in [0, 0.1) is 6.92 Å². The lowest BCUT2D eigenvalue weighted by atomic mass is 10.0. The van der Waals surface area contributed by atoms with E-state index in [0.29, 0.717) is 24.3 Å². The number of nitrogens with one attached hydrogen (secondary N) is 1. The molecular formula is C32H41N3O5S. The molecule has 0 fully saturated rings. The van der Waals surface area contributed by atoms with Crippen LogP contribution >= 0.6 is 0 Å². The Morgan fingerprint density at radius 3 is 2.22 bits per heavy atom. The van der Waals surface area contributed by atoms with Crippen molar-refractivity contribution in [1.29, 1.82) is 0 Å². The molecule has 1 N–H and O–H groups in total. The number of benzene rings is 3. The van der Waals surface area contributed by atoms with Crippen molar-refractivity contribution < 1.29 is 22.7 Å². The molecule has 1 atom stereocenters. The molecule has 0 saturated carbocycles. The SMILES string of the molecule is COc1cccc(CN(C(=O)CCCN(c2ccccc2C)S(C)(=O)=O)C(Cc2ccccc2)C(=O)NC(C)C)c1. The molecule has 9 heteroatoms. The Labute approximate surface area is 244 Å². The highest BCUT2D eigenvalue weighted by molar-refractivity contribution is 7.92. The normalized spacial score (nSPS) is 12.0. The molecule has 8 nitrogen and oxygen atoms in total. The Morgan fingerprint density at radius 1 is 0.927 bits per heavy atom. The molecule has 0 aliphatic heterocycles. The van der Waals surface area contributed by atoms with Gasteiger partial charge in [-0.05, 0) is 62.1 Å². The van der Waals surface area contributed by atoms with Crippen LogP contribution in [0.3, 0.4) is 0 Å². The summed E-state index contributed by atoms with van der Waals surface area (Å²) in [5, 5.41) is 2.98. The fourth-order valence-electron chi connectivity index (χ4n) is 4.73. The van der Waals surface area contributed by atoms with E-state index in [1.807, 2.05) is 87.5 Å². The quantitative estimate of drug-likeness (QED) is 0.298. The number of sulfonamides is 1. The second-order valence-electron chi connectivity index (χ2n) is 10.5. The predicted molar refractivity (Wildman–Crippen MR) is 163 cm³/mol. The summed E-state index contributed by atoms with van der Waals surface area (Å²) in [4.78, 5) is 29.1. The van der Waals surface area contributed by atoms with Crippen molar-refractivity contribution in [2.75, 3.05) is 24.2 Å². The Balaban J connectivity index is 1.90. The van der Waals surface area contributed by atoms with Crippen molar-refractivity contribution in [2.24, 2.45) is 0 Å². The zero-order valence-corrected chi connectivity index (χ0v) is 25.4. The van der Waals surface area contributed by atoms with Gasteiger partial charge in [0.15, 0.2) is 0 Å². The maximum Gasteiger partial charge on any atom is 0.243 e. The Bertz CT molecular complexity index is 1410. The van der Waals surface area contributed by atoms with Crippen molar-refractivity contribution in [3.8, 4) is 5.75 Å². The van der Waals surface area contributed by atoms with E-state index in [9.17, 15) is 18.0 Å². The van der Waals surface area contributed by atoms with Crippen LogP contribution in [0.15, 0.2) is 78.9 Å². The molecule has 41 heavy (non-hydrogen) atoms. The third kappa shape index (κ3) is 9.35. The lowest BCUT2D eigenvalue weighted by molar-refractivity contribution is -0.141. The molecule has 2 amide bonds. The minimum absolute atomic E-state index is 0.0715. The fraction of sp³-hybridized carbons (Fsp3) is 0.375. The molecule has 3 aromatic carbocycles. The Hall–Kier alpha value is -3.85. The van der Waals surface area contributed by atoms with Crippen LogP contribution in [0.25, 0.3) is 0 Å². The topological polar surface area (TPSA) is 96.0 Å². The molecule has 0 spiro atoms. The van der Waals surface area contributed by atoms with E-state index >= 15 is 0 Å². The van der Waals surface area contributed by atoms with Gasteiger partial charge in [-0.2, -0.15) is 0 Å². The number of aryl methyl sites for hydroxylation is 1. The summed E-state index contributed by atoms with van der Waals surface area (Å²) in [5.74, 6) is 0.187. The van der Waals surface area contributed by atoms with E-state index in [-0.39, 0.29) is 37.4 Å². The molecule has 0 heterocycles. The minimum atomic E-state index is -3.57. The summed E-state index contributed by atoms with van der Waals surface area (Å²) in [6.45, 7) is 5.97. The summed E-state index contributed by atoms with van der Waals surface area (Å²) in [7, 11) is -1.99. The van der Waals surface area contributed by atoms with E-state index < -0.39 is 16.1 Å². The van der Waals surface area contributed by atoms with Gasteiger partial charge in [0.05, 0.1) is 19.1 Å². The second-order valence-corrected chi connectivity index (χ2v) is 12.4. The summed E-state index contributed by atoms with van der Waals surface area (Å²) in [6, 6.07) is 23.4. The first-order valence-electron chi connectivity index (χ1n) is 13.8. The molecule has 0 aliphatic rings. The summed E-state index contributed by atoms with van der Waals surface area (Å²) in [6.07, 6.45) is 1.87. The van der Waals surface area contributed by atoms with Gasteiger partial charge in [0.2, 0.25) is 21.8 Å². The van der Waals surface area contributed by atoms with E-state index in [2.05, 4.69) is 5.32 Å². The second kappa shape index (κ2) is 14.7. The lowest BCUT2D eigenvalue weighted by Gasteiger charge is -2.32. The molecule has 0 saturated heterocycles. The first kappa shape index (κ1) is 31.7. The molecule has 0 aromatic heterocycles. The van der Waals surface area contributed by atoms with Crippen LogP contribution < -0.4 is 14.4 Å². The van der Waals surface area contributed by atoms with Crippen LogP contribution in [0.4, 0.5) is 5.69 Å². The number of hydrogen-bond donors (Lipinski definition) is 1. The third-order valence-corrected chi connectivity index (χ3v) is 7.91. The van der Waals surface area contributed by atoms with Gasteiger partial charge >= 0.3 is 0 Å². The largest absolute Gasteiger partial charge is 0.497 e. The van der Waals surface area contributed by atoms with Crippen LogP contribution in [0.2, 0.25) is 0 Å². The maximum atomic E-state index is 13.9. The number of ether oxygens (including phenoxy) is 1. The van der Waals surface area contributed by atoms with E-state index in [0.717, 1.165) is 16.7 Å². The van der Waals surface area contributed by atoms with Crippen LogP contribution in [-0.2, 0) is 32.6 Å². The Kier molecular flexibility index (Phi) is 11.3. The monoisotopic (exact) mass is 579 g/mol. The smallest absolute Gasteiger partial charge is 0.243 e. The summed E-state index contributed by atoms with van der Waals surface area (Å²) >= 11 is 0. The standard InChI is InChI=1S/C32H41N3O5S/c1-24(2)33-32(37)30(22-26-14-7-6-8-15-26)34(23-27-16-11-17-28(21-27)40-4)31(36)19-12-20-35(41(5,38)39)29-18-10-9-13-25(29)3/h6-11,13-18,21,24,30H,12,19-20,22-23H2,1-5H3,(H,33,37). The molecule has 1 unspecified atom stereocenters. The number of carbonyl (C=O) groups excluding carboxylic acids is 2. The fourth-order valence-corrected chi connectivity index (χ4v) is 5.75. The number of anilines is 1. The van der Waals surface area contributed by atoms with E-state index in [4.69, 9.17) is 4.74 Å². The zero-order valence-electron chi connectivity index (χ0n) is 24.5. The van der Waals surface area contributed by atoms with Gasteiger partial charge in [-0.3, -0.25) is 13.9 Å². The molecule has 0 aliphatic carbocycles. The van der Waals surface area contributed by atoms with Gasteiger partial charge < -0.3 is 15.0 Å². The molecule has 220 valence electrons. The number of methoxy groups -OCH3 is 1. The van der Waals surface area contributed by atoms with Crippen molar-refractivity contribution in [3.05, 3.63) is 95.6 Å².